The normalized spacial score (nSPS) is 41.4. The molecule has 14 heavy (non-hydrogen) atoms. The summed E-state index contributed by atoms with van der Waals surface area (Å²) < 4.78 is 5.52. The summed E-state index contributed by atoms with van der Waals surface area (Å²) in [6.45, 7) is 6.32. The molecule has 0 spiro atoms. The van der Waals surface area contributed by atoms with Crippen LogP contribution in [-0.2, 0) is 9.53 Å². The van der Waals surface area contributed by atoms with Crippen LogP contribution in [0.25, 0.3) is 0 Å². The zero-order valence-electron chi connectivity index (χ0n) is 9.38. The Morgan fingerprint density at radius 1 is 1.29 bits per heavy atom. The van der Waals surface area contributed by atoms with Crippen molar-refractivity contribution in [1.29, 1.82) is 0 Å². The fourth-order valence-electron chi connectivity index (χ4n) is 2.99. The second-order valence-corrected chi connectivity index (χ2v) is 5.37. The SMILES string of the molecule is CC1C2CCCCC2C(=O)OC1(C)C. The minimum absolute atomic E-state index is 0.0535. The molecule has 2 aliphatic rings. The number of ether oxygens (including phenoxy) is 1. The van der Waals surface area contributed by atoms with E-state index in [0.29, 0.717) is 11.8 Å². The van der Waals surface area contributed by atoms with Gasteiger partial charge in [-0.2, -0.15) is 0 Å². The van der Waals surface area contributed by atoms with Crippen LogP contribution in [0.3, 0.4) is 0 Å². The zero-order valence-corrected chi connectivity index (χ0v) is 9.38. The van der Waals surface area contributed by atoms with Gasteiger partial charge in [-0.15, -0.1) is 0 Å². The first-order valence-corrected chi connectivity index (χ1v) is 5.75. The molecule has 1 saturated carbocycles. The summed E-state index contributed by atoms with van der Waals surface area (Å²) in [5.41, 5.74) is -0.254. The first-order valence-electron chi connectivity index (χ1n) is 5.75. The summed E-state index contributed by atoms with van der Waals surface area (Å²) >= 11 is 0. The van der Waals surface area contributed by atoms with Crippen molar-refractivity contribution >= 4 is 5.97 Å². The monoisotopic (exact) mass is 196 g/mol. The molecule has 3 unspecified atom stereocenters. The van der Waals surface area contributed by atoms with Crippen LogP contribution >= 0.6 is 0 Å². The van der Waals surface area contributed by atoms with Crippen LogP contribution in [0.4, 0.5) is 0 Å². The van der Waals surface area contributed by atoms with Crippen molar-refractivity contribution in [2.75, 3.05) is 0 Å². The first kappa shape index (κ1) is 10.0. The van der Waals surface area contributed by atoms with E-state index in [-0.39, 0.29) is 17.5 Å². The van der Waals surface area contributed by atoms with E-state index in [1.807, 2.05) is 13.8 Å². The van der Waals surface area contributed by atoms with Gasteiger partial charge in [0.2, 0.25) is 0 Å². The molecule has 2 nitrogen and oxygen atoms in total. The minimum atomic E-state index is -0.254. The summed E-state index contributed by atoms with van der Waals surface area (Å²) in [6, 6.07) is 0. The number of rotatable bonds is 0. The Kier molecular flexibility index (Phi) is 2.32. The van der Waals surface area contributed by atoms with Crippen molar-refractivity contribution in [2.45, 2.75) is 52.1 Å². The molecule has 80 valence electrons. The lowest BCUT2D eigenvalue weighted by Crippen LogP contribution is -2.50. The molecule has 1 aliphatic heterocycles. The van der Waals surface area contributed by atoms with Crippen LogP contribution in [0.5, 0.6) is 0 Å². The molecule has 2 fully saturated rings. The molecule has 3 atom stereocenters. The van der Waals surface area contributed by atoms with Gasteiger partial charge in [-0.3, -0.25) is 4.79 Å². The fraction of sp³-hybridized carbons (Fsp3) is 0.917. The molecule has 1 saturated heterocycles. The summed E-state index contributed by atoms with van der Waals surface area (Å²) in [5.74, 6) is 1.33. The van der Waals surface area contributed by atoms with Gasteiger partial charge in [-0.1, -0.05) is 19.8 Å². The van der Waals surface area contributed by atoms with Gasteiger partial charge in [0, 0.05) is 0 Å². The quantitative estimate of drug-likeness (QED) is 0.557. The molecular weight excluding hydrogens is 176 g/mol. The third kappa shape index (κ3) is 1.45. The van der Waals surface area contributed by atoms with Crippen molar-refractivity contribution in [2.24, 2.45) is 17.8 Å². The number of hydrogen-bond acceptors (Lipinski definition) is 2. The maximum Gasteiger partial charge on any atom is 0.309 e. The van der Waals surface area contributed by atoms with Crippen molar-refractivity contribution in [1.82, 2.24) is 0 Å². The van der Waals surface area contributed by atoms with E-state index >= 15 is 0 Å². The molecule has 2 rings (SSSR count). The lowest BCUT2D eigenvalue weighted by atomic mass is 9.66. The number of fused-ring (bicyclic) bond motifs is 1. The number of cyclic esters (lactones) is 1. The summed E-state index contributed by atoms with van der Waals surface area (Å²) in [5, 5.41) is 0. The first-order chi connectivity index (χ1) is 6.52. The summed E-state index contributed by atoms with van der Waals surface area (Å²) in [7, 11) is 0. The highest BCUT2D eigenvalue weighted by atomic mass is 16.6. The Balaban J connectivity index is 2.22. The third-order valence-electron chi connectivity index (χ3n) is 4.22. The molecular formula is C12H20O2. The highest BCUT2D eigenvalue weighted by molar-refractivity contribution is 5.74. The van der Waals surface area contributed by atoms with E-state index in [4.69, 9.17) is 4.74 Å². The molecule has 0 bridgehead atoms. The Hall–Kier alpha value is -0.530. The maximum absolute atomic E-state index is 11.8. The second-order valence-electron chi connectivity index (χ2n) is 5.37. The number of hydrogen-bond donors (Lipinski definition) is 0. The molecule has 0 aromatic heterocycles. The Bertz CT molecular complexity index is 245. The van der Waals surface area contributed by atoms with E-state index in [1.165, 1.54) is 19.3 Å². The molecule has 0 radical (unpaired) electrons. The molecule has 0 amide bonds. The van der Waals surface area contributed by atoms with Gasteiger partial charge in [0.25, 0.3) is 0 Å². The minimum Gasteiger partial charge on any atom is -0.459 e. The van der Waals surface area contributed by atoms with Crippen LogP contribution in [0, 0.1) is 17.8 Å². The van der Waals surface area contributed by atoms with Crippen molar-refractivity contribution in [3.05, 3.63) is 0 Å². The Morgan fingerprint density at radius 3 is 2.64 bits per heavy atom. The Labute approximate surface area is 86.0 Å². The van der Waals surface area contributed by atoms with Gasteiger partial charge in [0.05, 0.1) is 5.92 Å². The van der Waals surface area contributed by atoms with Crippen LogP contribution in [0.2, 0.25) is 0 Å². The summed E-state index contributed by atoms with van der Waals surface area (Å²) in [6.07, 6.45) is 4.74. The summed E-state index contributed by atoms with van der Waals surface area (Å²) in [4.78, 5) is 11.8. The average molecular weight is 196 g/mol. The lowest BCUT2D eigenvalue weighted by molar-refractivity contribution is -0.189. The van der Waals surface area contributed by atoms with Crippen LogP contribution in [0.1, 0.15) is 46.5 Å². The van der Waals surface area contributed by atoms with E-state index < -0.39 is 0 Å². The van der Waals surface area contributed by atoms with Gasteiger partial charge in [0.1, 0.15) is 5.60 Å². The average Bonchev–Trinajstić information content (AvgIpc) is 2.14. The third-order valence-corrected chi connectivity index (χ3v) is 4.22. The highest BCUT2D eigenvalue weighted by Gasteiger charge is 2.48. The van der Waals surface area contributed by atoms with Crippen molar-refractivity contribution in [3.8, 4) is 0 Å². The van der Waals surface area contributed by atoms with E-state index in [1.54, 1.807) is 0 Å². The number of esters is 1. The van der Waals surface area contributed by atoms with E-state index in [2.05, 4.69) is 6.92 Å². The van der Waals surface area contributed by atoms with Gasteiger partial charge in [-0.05, 0) is 38.5 Å². The predicted molar refractivity (Wildman–Crippen MR) is 54.8 cm³/mol. The van der Waals surface area contributed by atoms with Gasteiger partial charge in [-0.25, -0.2) is 0 Å². The molecule has 0 aromatic carbocycles. The zero-order chi connectivity index (χ0) is 10.3. The molecule has 0 N–H and O–H groups in total. The highest BCUT2D eigenvalue weighted by Crippen LogP contribution is 2.45. The maximum atomic E-state index is 11.8. The van der Waals surface area contributed by atoms with E-state index in [0.717, 1.165) is 6.42 Å². The number of carbonyl (C=O) groups is 1. The number of carbonyl (C=O) groups excluding carboxylic acids is 1. The van der Waals surface area contributed by atoms with Crippen molar-refractivity contribution < 1.29 is 9.53 Å². The molecule has 1 heterocycles. The van der Waals surface area contributed by atoms with Crippen LogP contribution < -0.4 is 0 Å². The van der Waals surface area contributed by atoms with Crippen LogP contribution in [-0.4, -0.2) is 11.6 Å². The standard InChI is InChI=1S/C12H20O2/c1-8-9-6-4-5-7-10(9)11(13)14-12(8,2)3/h8-10H,4-7H2,1-3H3. The molecule has 2 heteroatoms. The van der Waals surface area contributed by atoms with Gasteiger partial charge >= 0.3 is 5.97 Å². The fourth-order valence-corrected chi connectivity index (χ4v) is 2.99. The smallest absolute Gasteiger partial charge is 0.309 e. The molecule has 1 aliphatic carbocycles. The van der Waals surface area contributed by atoms with Crippen LogP contribution in [0.15, 0.2) is 0 Å². The second kappa shape index (κ2) is 3.25. The molecule has 0 aromatic rings. The predicted octanol–water partition coefficient (Wildman–Crippen LogP) is 2.76. The topological polar surface area (TPSA) is 26.3 Å². The largest absolute Gasteiger partial charge is 0.459 e. The van der Waals surface area contributed by atoms with Crippen molar-refractivity contribution in [3.63, 3.8) is 0 Å². The van der Waals surface area contributed by atoms with Gasteiger partial charge in [0.15, 0.2) is 0 Å². The van der Waals surface area contributed by atoms with Gasteiger partial charge < -0.3 is 4.74 Å². The lowest BCUT2D eigenvalue weighted by Gasteiger charge is -2.47. The Morgan fingerprint density at radius 2 is 1.93 bits per heavy atom. The van der Waals surface area contributed by atoms with E-state index in [9.17, 15) is 4.79 Å².